The van der Waals surface area contributed by atoms with E-state index in [2.05, 4.69) is 17.6 Å². The Morgan fingerprint density at radius 3 is 2.80 bits per heavy atom. The van der Waals surface area contributed by atoms with Crippen molar-refractivity contribution in [1.29, 1.82) is 0 Å². The first-order valence-electron chi connectivity index (χ1n) is 6.09. The molecule has 0 unspecified atom stereocenters. The Kier molecular flexibility index (Phi) is 6.41. The molecule has 15 heavy (non-hydrogen) atoms. The molecule has 87 valence electrons. The van der Waals surface area contributed by atoms with Crippen LogP contribution in [0.4, 0.5) is 0 Å². The number of nitrogens with one attached hydrogen (secondary N) is 2. The molecule has 1 aliphatic rings. The van der Waals surface area contributed by atoms with Crippen LogP contribution in [0, 0.1) is 12.8 Å². The highest BCUT2D eigenvalue weighted by Crippen LogP contribution is 2.18. The van der Waals surface area contributed by atoms with E-state index >= 15 is 0 Å². The average Bonchev–Trinajstić information content (AvgIpc) is 2.28. The predicted molar refractivity (Wildman–Crippen MR) is 62.4 cm³/mol. The van der Waals surface area contributed by atoms with Crippen LogP contribution in [0.1, 0.15) is 38.5 Å². The second kappa shape index (κ2) is 7.69. The summed E-state index contributed by atoms with van der Waals surface area (Å²) in [6.45, 7) is 6.71. The Morgan fingerprint density at radius 2 is 2.13 bits per heavy atom. The molecule has 0 aromatic rings. The zero-order valence-corrected chi connectivity index (χ0v) is 9.56. The van der Waals surface area contributed by atoms with Gasteiger partial charge in [0.05, 0.1) is 0 Å². The summed E-state index contributed by atoms with van der Waals surface area (Å²) in [7, 11) is 0. The highest BCUT2D eigenvalue weighted by atomic mass is 16.1. The highest BCUT2D eigenvalue weighted by molar-refractivity contribution is 5.75. The maximum atomic E-state index is 11.3. The van der Waals surface area contributed by atoms with Gasteiger partial charge in [0.2, 0.25) is 5.91 Å². The van der Waals surface area contributed by atoms with Crippen molar-refractivity contribution >= 4 is 5.91 Å². The molecule has 1 heterocycles. The maximum absolute atomic E-state index is 11.3. The molecular formula is C12H23N2O. The Hall–Kier alpha value is -0.570. The van der Waals surface area contributed by atoms with E-state index < -0.39 is 0 Å². The molecule has 2 N–H and O–H groups in total. The van der Waals surface area contributed by atoms with Crippen molar-refractivity contribution in [3.05, 3.63) is 6.92 Å². The third kappa shape index (κ3) is 5.78. The lowest BCUT2D eigenvalue weighted by atomic mass is 9.92. The van der Waals surface area contributed by atoms with Crippen LogP contribution in [0.25, 0.3) is 0 Å². The van der Waals surface area contributed by atoms with Crippen LogP contribution in [-0.2, 0) is 4.79 Å². The van der Waals surface area contributed by atoms with Crippen molar-refractivity contribution in [2.24, 2.45) is 5.92 Å². The summed E-state index contributed by atoms with van der Waals surface area (Å²) in [6, 6.07) is 0. The largest absolute Gasteiger partial charge is 0.356 e. The molecule has 1 amide bonds. The normalized spacial score (nSPS) is 17.7. The fourth-order valence-electron chi connectivity index (χ4n) is 2.04. The fourth-order valence-corrected chi connectivity index (χ4v) is 2.04. The molecule has 1 radical (unpaired) electrons. The third-order valence-corrected chi connectivity index (χ3v) is 2.97. The predicted octanol–water partition coefficient (Wildman–Crippen LogP) is 1.50. The zero-order valence-electron chi connectivity index (χ0n) is 9.56. The molecule has 1 aliphatic heterocycles. The van der Waals surface area contributed by atoms with Crippen LogP contribution in [0.5, 0.6) is 0 Å². The molecule has 1 saturated heterocycles. The van der Waals surface area contributed by atoms with E-state index in [-0.39, 0.29) is 5.91 Å². The molecular weight excluding hydrogens is 188 g/mol. The summed E-state index contributed by atoms with van der Waals surface area (Å²) in [5.41, 5.74) is 0. The van der Waals surface area contributed by atoms with Crippen LogP contribution in [0.2, 0.25) is 0 Å². The van der Waals surface area contributed by atoms with E-state index in [1.54, 1.807) is 0 Å². The number of hydrogen-bond donors (Lipinski definition) is 2. The van der Waals surface area contributed by atoms with E-state index in [1.807, 2.05) is 0 Å². The molecule has 1 fully saturated rings. The van der Waals surface area contributed by atoms with Gasteiger partial charge < -0.3 is 10.6 Å². The number of rotatable bonds is 6. The van der Waals surface area contributed by atoms with Gasteiger partial charge in [-0.3, -0.25) is 4.79 Å². The van der Waals surface area contributed by atoms with Crippen molar-refractivity contribution < 1.29 is 4.79 Å². The van der Waals surface area contributed by atoms with Gasteiger partial charge in [-0.25, -0.2) is 0 Å². The maximum Gasteiger partial charge on any atom is 0.219 e. The van der Waals surface area contributed by atoms with Crippen LogP contribution in [-0.4, -0.2) is 25.5 Å². The molecule has 3 heteroatoms. The second-order valence-corrected chi connectivity index (χ2v) is 4.29. The molecule has 0 aliphatic carbocycles. The lowest BCUT2D eigenvalue weighted by molar-refractivity contribution is -0.121. The lowest BCUT2D eigenvalue weighted by Crippen LogP contribution is -2.28. The summed E-state index contributed by atoms with van der Waals surface area (Å²) in [5, 5.41) is 6.21. The second-order valence-electron chi connectivity index (χ2n) is 4.29. The molecule has 0 aromatic heterocycles. The van der Waals surface area contributed by atoms with Crippen molar-refractivity contribution in [3.8, 4) is 0 Å². The van der Waals surface area contributed by atoms with Crippen molar-refractivity contribution in [2.45, 2.75) is 38.5 Å². The zero-order chi connectivity index (χ0) is 10.9. The number of piperidine rings is 1. The molecule has 0 spiro atoms. The third-order valence-electron chi connectivity index (χ3n) is 2.97. The van der Waals surface area contributed by atoms with Crippen molar-refractivity contribution in [3.63, 3.8) is 0 Å². The smallest absolute Gasteiger partial charge is 0.219 e. The minimum atomic E-state index is 0.188. The monoisotopic (exact) mass is 211 g/mol. The quantitative estimate of drug-likeness (QED) is 0.699. The van der Waals surface area contributed by atoms with E-state index in [4.69, 9.17) is 0 Å². The number of amides is 1. The van der Waals surface area contributed by atoms with Gasteiger partial charge in [0.15, 0.2) is 0 Å². The minimum absolute atomic E-state index is 0.188. The van der Waals surface area contributed by atoms with Crippen LogP contribution in [0.15, 0.2) is 0 Å². The van der Waals surface area contributed by atoms with Crippen molar-refractivity contribution in [2.75, 3.05) is 19.6 Å². The van der Waals surface area contributed by atoms with Crippen LogP contribution in [0.3, 0.4) is 0 Å². The Balaban J connectivity index is 1.97. The molecule has 3 nitrogen and oxygen atoms in total. The first-order valence-corrected chi connectivity index (χ1v) is 6.09. The topological polar surface area (TPSA) is 41.1 Å². The van der Waals surface area contributed by atoms with Gasteiger partial charge in [-0.1, -0.05) is 6.92 Å². The average molecular weight is 211 g/mol. The first kappa shape index (κ1) is 12.5. The first-order chi connectivity index (χ1) is 7.33. The highest BCUT2D eigenvalue weighted by Gasteiger charge is 2.12. The summed E-state index contributed by atoms with van der Waals surface area (Å²) < 4.78 is 0. The van der Waals surface area contributed by atoms with Gasteiger partial charge in [0, 0.05) is 13.0 Å². The van der Waals surface area contributed by atoms with Gasteiger partial charge >= 0.3 is 0 Å². The molecule has 0 aromatic carbocycles. The van der Waals surface area contributed by atoms with E-state index in [1.165, 1.54) is 19.3 Å². The van der Waals surface area contributed by atoms with Crippen molar-refractivity contribution in [1.82, 2.24) is 10.6 Å². The summed E-state index contributed by atoms with van der Waals surface area (Å²) in [5.74, 6) is 1.03. The van der Waals surface area contributed by atoms with Gasteiger partial charge in [0.25, 0.3) is 0 Å². The van der Waals surface area contributed by atoms with Gasteiger partial charge in [-0.05, 0) is 51.1 Å². The molecule has 1 rings (SSSR count). The van der Waals surface area contributed by atoms with E-state index in [0.717, 1.165) is 31.8 Å². The molecule has 0 atom stereocenters. The number of hydrogen-bond acceptors (Lipinski definition) is 2. The standard InChI is InChI=1S/C12H23N2O/c1-2-8-14-12(15)5-3-4-11-6-9-13-10-7-11/h11,13H,1-10H2,(H,14,15). The molecule has 0 saturated carbocycles. The summed E-state index contributed by atoms with van der Waals surface area (Å²) in [4.78, 5) is 11.3. The Morgan fingerprint density at radius 1 is 1.40 bits per heavy atom. The fraction of sp³-hybridized carbons (Fsp3) is 0.833. The summed E-state index contributed by atoms with van der Waals surface area (Å²) >= 11 is 0. The number of carbonyl (C=O) groups is 1. The lowest BCUT2D eigenvalue weighted by Gasteiger charge is -2.22. The van der Waals surface area contributed by atoms with Gasteiger partial charge in [-0.15, -0.1) is 0 Å². The summed E-state index contributed by atoms with van der Waals surface area (Å²) in [6.07, 6.45) is 6.26. The van der Waals surface area contributed by atoms with E-state index in [9.17, 15) is 4.79 Å². The van der Waals surface area contributed by atoms with E-state index in [0.29, 0.717) is 13.0 Å². The number of carbonyl (C=O) groups excluding carboxylic acids is 1. The SMILES string of the molecule is [CH2]CCNC(=O)CCCC1CCNCC1. The minimum Gasteiger partial charge on any atom is -0.356 e. The van der Waals surface area contributed by atoms with Crippen LogP contribution >= 0.6 is 0 Å². The van der Waals surface area contributed by atoms with Gasteiger partial charge in [-0.2, -0.15) is 0 Å². The molecule has 0 bridgehead atoms. The Bertz CT molecular complexity index is 176. The van der Waals surface area contributed by atoms with Crippen LogP contribution < -0.4 is 10.6 Å². The van der Waals surface area contributed by atoms with Gasteiger partial charge in [0.1, 0.15) is 0 Å². The Labute approximate surface area is 93.0 Å².